The van der Waals surface area contributed by atoms with Crippen molar-refractivity contribution in [2.75, 3.05) is 6.54 Å². The number of hydrogen-bond donors (Lipinski definition) is 2. The van der Waals surface area contributed by atoms with Crippen LogP contribution in [0.2, 0.25) is 0 Å². The van der Waals surface area contributed by atoms with Gasteiger partial charge in [0.1, 0.15) is 17.4 Å². The van der Waals surface area contributed by atoms with Gasteiger partial charge < -0.3 is 15.0 Å². The number of carbonyl (C=O) groups excluding carboxylic acids is 1. The lowest BCUT2D eigenvalue weighted by molar-refractivity contribution is -0.141. The molecule has 0 bridgehead atoms. The molecule has 1 atom stereocenters. The Labute approximate surface area is 113 Å². The maximum absolute atomic E-state index is 13.5. The van der Waals surface area contributed by atoms with Crippen LogP contribution in [0.4, 0.5) is 4.39 Å². The molecule has 1 saturated heterocycles. The molecule has 2 heterocycles. The van der Waals surface area contributed by atoms with E-state index in [1.807, 2.05) is 0 Å². The van der Waals surface area contributed by atoms with Gasteiger partial charge in [-0.1, -0.05) is 0 Å². The van der Waals surface area contributed by atoms with Gasteiger partial charge in [-0.2, -0.15) is 0 Å². The fourth-order valence-electron chi connectivity index (χ4n) is 2.60. The molecular weight excluding hydrogens is 265 g/mol. The van der Waals surface area contributed by atoms with Gasteiger partial charge >= 0.3 is 5.97 Å². The van der Waals surface area contributed by atoms with Gasteiger partial charge in [-0.15, -0.1) is 0 Å². The van der Waals surface area contributed by atoms with Crippen LogP contribution in [-0.2, 0) is 4.79 Å². The van der Waals surface area contributed by atoms with Crippen LogP contribution in [0.5, 0.6) is 0 Å². The van der Waals surface area contributed by atoms with Gasteiger partial charge in [0.15, 0.2) is 0 Å². The average Bonchev–Trinajstić information content (AvgIpc) is 3.04. The van der Waals surface area contributed by atoms with E-state index in [0.29, 0.717) is 30.4 Å². The number of nitrogens with one attached hydrogen (secondary N) is 1. The van der Waals surface area contributed by atoms with Crippen molar-refractivity contribution in [2.24, 2.45) is 0 Å². The zero-order valence-electron chi connectivity index (χ0n) is 10.5. The van der Waals surface area contributed by atoms with E-state index in [1.54, 1.807) is 0 Å². The Morgan fingerprint density at radius 2 is 2.25 bits per heavy atom. The summed E-state index contributed by atoms with van der Waals surface area (Å²) in [7, 11) is 0. The topological polar surface area (TPSA) is 86.3 Å². The quantitative estimate of drug-likeness (QED) is 0.868. The molecule has 20 heavy (non-hydrogen) atoms. The standard InChI is InChI=1S/C13H12FN3O3/c14-7-4-8(11-9(5-7)15-6-16-11)12(18)17-3-1-2-10(17)13(19)20/h4-6,10H,1-3H2,(H,15,16)(H,19,20). The number of aromatic amines is 1. The highest BCUT2D eigenvalue weighted by atomic mass is 19.1. The minimum absolute atomic E-state index is 0.0920. The Bertz CT molecular complexity index is 697. The molecule has 2 aromatic rings. The predicted molar refractivity (Wildman–Crippen MR) is 67.7 cm³/mol. The molecule has 1 aliphatic rings. The molecule has 6 nitrogen and oxygen atoms in total. The Morgan fingerprint density at radius 3 is 3.00 bits per heavy atom. The van der Waals surface area contributed by atoms with Crippen LogP contribution in [0.25, 0.3) is 11.0 Å². The molecule has 7 heteroatoms. The van der Waals surface area contributed by atoms with E-state index >= 15 is 0 Å². The number of H-pyrrole nitrogens is 1. The molecule has 0 aliphatic carbocycles. The van der Waals surface area contributed by atoms with Crippen molar-refractivity contribution >= 4 is 22.9 Å². The third-order valence-corrected chi connectivity index (χ3v) is 3.52. The van der Waals surface area contributed by atoms with E-state index in [9.17, 15) is 14.0 Å². The highest BCUT2D eigenvalue weighted by molar-refractivity contribution is 6.06. The predicted octanol–water partition coefficient (Wildman–Crippen LogP) is 1.39. The van der Waals surface area contributed by atoms with Crippen molar-refractivity contribution in [1.82, 2.24) is 14.9 Å². The molecule has 1 amide bonds. The molecule has 1 fully saturated rings. The van der Waals surface area contributed by atoms with Gasteiger partial charge in [0, 0.05) is 6.54 Å². The second-order valence-corrected chi connectivity index (χ2v) is 4.75. The summed E-state index contributed by atoms with van der Waals surface area (Å²) < 4.78 is 13.5. The second kappa shape index (κ2) is 4.59. The number of carboxylic acid groups (broad SMARTS) is 1. The maximum Gasteiger partial charge on any atom is 0.326 e. The van der Waals surface area contributed by atoms with Crippen LogP contribution in [0.15, 0.2) is 18.5 Å². The monoisotopic (exact) mass is 277 g/mol. The van der Waals surface area contributed by atoms with Crippen molar-refractivity contribution in [3.63, 3.8) is 0 Å². The Balaban J connectivity index is 2.04. The highest BCUT2D eigenvalue weighted by Gasteiger charge is 2.35. The minimum Gasteiger partial charge on any atom is -0.480 e. The molecule has 3 rings (SSSR count). The Hall–Kier alpha value is -2.44. The van der Waals surface area contributed by atoms with Gasteiger partial charge in [-0.05, 0) is 25.0 Å². The van der Waals surface area contributed by atoms with E-state index in [4.69, 9.17) is 5.11 Å². The third-order valence-electron chi connectivity index (χ3n) is 3.52. The first-order valence-corrected chi connectivity index (χ1v) is 6.24. The van der Waals surface area contributed by atoms with Gasteiger partial charge in [0.2, 0.25) is 0 Å². The summed E-state index contributed by atoms with van der Waals surface area (Å²) in [6.07, 6.45) is 2.42. The summed E-state index contributed by atoms with van der Waals surface area (Å²) >= 11 is 0. The number of likely N-dealkylation sites (tertiary alicyclic amines) is 1. The van der Waals surface area contributed by atoms with Crippen molar-refractivity contribution in [3.8, 4) is 0 Å². The van der Waals surface area contributed by atoms with Gasteiger partial charge in [-0.25, -0.2) is 14.2 Å². The van der Waals surface area contributed by atoms with Crippen molar-refractivity contribution in [3.05, 3.63) is 29.8 Å². The molecule has 1 aromatic carbocycles. The number of benzene rings is 1. The fourth-order valence-corrected chi connectivity index (χ4v) is 2.60. The lowest BCUT2D eigenvalue weighted by Crippen LogP contribution is -2.40. The van der Waals surface area contributed by atoms with Crippen LogP contribution in [0, 0.1) is 5.82 Å². The van der Waals surface area contributed by atoms with Crippen molar-refractivity contribution in [2.45, 2.75) is 18.9 Å². The van der Waals surface area contributed by atoms with E-state index in [1.165, 1.54) is 17.3 Å². The zero-order valence-corrected chi connectivity index (χ0v) is 10.5. The largest absolute Gasteiger partial charge is 0.480 e. The lowest BCUT2D eigenvalue weighted by atomic mass is 10.1. The molecule has 0 spiro atoms. The third kappa shape index (κ3) is 1.91. The Kier molecular flexibility index (Phi) is 2.89. The first-order valence-electron chi connectivity index (χ1n) is 6.24. The highest BCUT2D eigenvalue weighted by Crippen LogP contribution is 2.24. The fraction of sp³-hybridized carbons (Fsp3) is 0.308. The summed E-state index contributed by atoms with van der Waals surface area (Å²) in [5.41, 5.74) is 0.862. The molecule has 0 radical (unpaired) electrons. The minimum atomic E-state index is -1.04. The summed E-state index contributed by atoms with van der Waals surface area (Å²) in [5, 5.41) is 9.12. The van der Waals surface area contributed by atoms with Crippen molar-refractivity contribution in [1.29, 1.82) is 0 Å². The average molecular weight is 277 g/mol. The van der Waals surface area contributed by atoms with Gasteiger partial charge in [-0.3, -0.25) is 4.79 Å². The number of nitrogens with zero attached hydrogens (tertiary/aromatic N) is 2. The summed E-state index contributed by atoms with van der Waals surface area (Å²) in [6.45, 7) is 0.359. The van der Waals surface area contributed by atoms with E-state index in [0.717, 1.165) is 6.07 Å². The normalized spacial score (nSPS) is 18.6. The van der Waals surface area contributed by atoms with Crippen LogP contribution < -0.4 is 0 Å². The van der Waals surface area contributed by atoms with Crippen LogP contribution in [0.1, 0.15) is 23.2 Å². The van der Waals surface area contributed by atoms with Crippen molar-refractivity contribution < 1.29 is 19.1 Å². The number of carboxylic acids is 1. The number of amides is 1. The summed E-state index contributed by atoms with van der Waals surface area (Å²) in [4.78, 5) is 31.6. The summed E-state index contributed by atoms with van der Waals surface area (Å²) in [6, 6.07) is 1.50. The van der Waals surface area contributed by atoms with Gasteiger partial charge in [0.25, 0.3) is 5.91 Å². The SMILES string of the molecule is O=C(O)C1CCCN1C(=O)c1cc(F)cc2[nH]cnc12. The zero-order chi connectivity index (χ0) is 14.3. The number of halogens is 1. The maximum atomic E-state index is 13.5. The lowest BCUT2D eigenvalue weighted by Gasteiger charge is -2.21. The molecule has 1 unspecified atom stereocenters. The van der Waals surface area contributed by atoms with Crippen LogP contribution in [-0.4, -0.2) is 44.4 Å². The van der Waals surface area contributed by atoms with E-state index in [2.05, 4.69) is 9.97 Å². The number of carbonyl (C=O) groups is 2. The molecular formula is C13H12FN3O3. The van der Waals surface area contributed by atoms with Gasteiger partial charge in [0.05, 0.1) is 17.4 Å². The number of aromatic nitrogens is 2. The number of fused-ring (bicyclic) bond motifs is 1. The number of imidazole rings is 1. The second-order valence-electron chi connectivity index (χ2n) is 4.75. The van der Waals surface area contributed by atoms with Crippen LogP contribution >= 0.6 is 0 Å². The summed E-state index contributed by atoms with van der Waals surface area (Å²) in [5.74, 6) is -2.09. The molecule has 1 aliphatic heterocycles. The molecule has 1 aromatic heterocycles. The number of rotatable bonds is 2. The molecule has 2 N–H and O–H groups in total. The first-order chi connectivity index (χ1) is 9.58. The Morgan fingerprint density at radius 1 is 1.45 bits per heavy atom. The van der Waals surface area contributed by atoms with E-state index in [-0.39, 0.29) is 5.56 Å². The smallest absolute Gasteiger partial charge is 0.326 e. The number of hydrogen-bond acceptors (Lipinski definition) is 3. The molecule has 0 saturated carbocycles. The molecule has 104 valence electrons. The first kappa shape index (κ1) is 12.6. The number of aliphatic carboxylic acids is 1. The van der Waals surface area contributed by atoms with E-state index < -0.39 is 23.7 Å². The van der Waals surface area contributed by atoms with Crippen LogP contribution in [0.3, 0.4) is 0 Å².